The second-order valence-corrected chi connectivity index (χ2v) is 5.07. The molecule has 2 heterocycles. The van der Waals surface area contributed by atoms with Crippen LogP contribution in [0, 0.1) is 0 Å². The molecule has 6 heteroatoms. The van der Waals surface area contributed by atoms with E-state index in [0.29, 0.717) is 26.4 Å². The molecule has 1 aromatic carbocycles. The minimum atomic E-state index is -0.931. The van der Waals surface area contributed by atoms with E-state index < -0.39 is 5.97 Å². The molecule has 21 heavy (non-hydrogen) atoms. The van der Waals surface area contributed by atoms with Crippen molar-refractivity contribution in [1.82, 2.24) is 9.55 Å². The average Bonchev–Trinajstić information content (AvgIpc) is 2.85. The van der Waals surface area contributed by atoms with E-state index in [0.717, 1.165) is 23.3 Å². The molecule has 1 saturated heterocycles. The molecule has 0 spiro atoms. The molecule has 0 bridgehead atoms. The van der Waals surface area contributed by atoms with Crippen molar-refractivity contribution < 1.29 is 19.4 Å². The maximum Gasteiger partial charge on any atom is 0.335 e. The second-order valence-electron chi connectivity index (χ2n) is 5.07. The molecule has 0 aliphatic carbocycles. The normalized spacial score (nSPS) is 19.0. The van der Waals surface area contributed by atoms with Crippen molar-refractivity contribution in [2.75, 3.05) is 19.8 Å². The van der Waals surface area contributed by atoms with Crippen LogP contribution in [0.2, 0.25) is 0 Å². The Labute approximate surface area is 122 Å². The van der Waals surface area contributed by atoms with Gasteiger partial charge in [-0.3, -0.25) is 0 Å². The molecule has 112 valence electrons. The molecule has 2 aromatic rings. The Morgan fingerprint density at radius 2 is 2.33 bits per heavy atom. The minimum Gasteiger partial charge on any atom is -0.478 e. The van der Waals surface area contributed by atoms with Crippen molar-refractivity contribution in [3.63, 3.8) is 0 Å². The summed E-state index contributed by atoms with van der Waals surface area (Å²) in [6.45, 7) is 4.45. The van der Waals surface area contributed by atoms with Crippen molar-refractivity contribution >= 4 is 17.0 Å². The van der Waals surface area contributed by atoms with Crippen LogP contribution in [0.25, 0.3) is 11.0 Å². The Bertz CT molecular complexity index is 659. The van der Waals surface area contributed by atoms with Gasteiger partial charge < -0.3 is 19.1 Å². The number of carbonyl (C=O) groups is 1. The first-order valence-corrected chi connectivity index (χ1v) is 7.11. The van der Waals surface area contributed by atoms with Crippen LogP contribution >= 0.6 is 0 Å². The fraction of sp³-hybridized carbons (Fsp3) is 0.467. The molecule has 1 aromatic heterocycles. The summed E-state index contributed by atoms with van der Waals surface area (Å²) in [7, 11) is 0. The first kappa shape index (κ1) is 14.0. The summed E-state index contributed by atoms with van der Waals surface area (Å²) in [5.41, 5.74) is 1.92. The lowest BCUT2D eigenvalue weighted by Gasteiger charge is -2.24. The van der Waals surface area contributed by atoms with Crippen LogP contribution in [-0.4, -0.2) is 46.6 Å². The van der Waals surface area contributed by atoms with Crippen LogP contribution in [0.3, 0.4) is 0 Å². The van der Waals surface area contributed by atoms with Gasteiger partial charge in [0.25, 0.3) is 0 Å². The number of benzene rings is 1. The SMILES string of the molecule is CCc1nc2ccc(C(=O)O)cc2n1CC1COCCO1. The van der Waals surface area contributed by atoms with Gasteiger partial charge in [-0.1, -0.05) is 6.92 Å². The highest BCUT2D eigenvalue weighted by Gasteiger charge is 2.19. The molecular formula is C15H18N2O4. The van der Waals surface area contributed by atoms with Crippen LogP contribution in [0.4, 0.5) is 0 Å². The van der Waals surface area contributed by atoms with E-state index in [1.54, 1.807) is 18.2 Å². The van der Waals surface area contributed by atoms with E-state index >= 15 is 0 Å². The molecule has 1 aliphatic rings. The lowest BCUT2D eigenvalue weighted by atomic mass is 10.2. The summed E-state index contributed by atoms with van der Waals surface area (Å²) in [5, 5.41) is 9.15. The molecule has 1 N–H and O–H groups in total. The van der Waals surface area contributed by atoms with Crippen molar-refractivity contribution in [3.05, 3.63) is 29.6 Å². The van der Waals surface area contributed by atoms with E-state index in [1.807, 2.05) is 11.5 Å². The van der Waals surface area contributed by atoms with Gasteiger partial charge >= 0.3 is 5.97 Å². The van der Waals surface area contributed by atoms with Gasteiger partial charge in [-0.05, 0) is 18.2 Å². The molecule has 6 nitrogen and oxygen atoms in total. The van der Waals surface area contributed by atoms with Crippen LogP contribution in [0.5, 0.6) is 0 Å². The van der Waals surface area contributed by atoms with Crippen LogP contribution in [-0.2, 0) is 22.4 Å². The molecular weight excluding hydrogens is 272 g/mol. The van der Waals surface area contributed by atoms with Gasteiger partial charge in [0.2, 0.25) is 0 Å². The minimum absolute atomic E-state index is 0.0186. The van der Waals surface area contributed by atoms with Gasteiger partial charge in [-0.15, -0.1) is 0 Å². The van der Waals surface area contributed by atoms with Gasteiger partial charge in [0.1, 0.15) is 5.82 Å². The quantitative estimate of drug-likeness (QED) is 0.928. The zero-order valence-electron chi connectivity index (χ0n) is 11.9. The van der Waals surface area contributed by atoms with Crippen LogP contribution in [0.1, 0.15) is 23.1 Å². The van der Waals surface area contributed by atoms with E-state index in [2.05, 4.69) is 4.98 Å². The molecule has 3 rings (SSSR count). The summed E-state index contributed by atoms with van der Waals surface area (Å²) in [6.07, 6.45) is 0.764. The van der Waals surface area contributed by atoms with E-state index in [-0.39, 0.29) is 11.7 Å². The first-order chi connectivity index (χ1) is 10.2. The first-order valence-electron chi connectivity index (χ1n) is 7.11. The maximum atomic E-state index is 11.1. The number of carboxylic acid groups (broad SMARTS) is 1. The number of imidazole rings is 1. The highest BCUT2D eigenvalue weighted by Crippen LogP contribution is 2.20. The number of ether oxygens (including phenoxy) is 2. The second kappa shape index (κ2) is 5.83. The summed E-state index contributed by atoms with van der Waals surface area (Å²) in [4.78, 5) is 15.7. The van der Waals surface area contributed by atoms with Crippen molar-refractivity contribution in [1.29, 1.82) is 0 Å². The number of rotatable bonds is 4. The number of aromatic carboxylic acids is 1. The lowest BCUT2D eigenvalue weighted by molar-refractivity contribution is -0.0934. The topological polar surface area (TPSA) is 73.6 Å². The number of aromatic nitrogens is 2. The van der Waals surface area contributed by atoms with Gasteiger partial charge in [-0.25, -0.2) is 9.78 Å². The number of aryl methyl sites for hydroxylation is 1. The Morgan fingerprint density at radius 1 is 1.48 bits per heavy atom. The van der Waals surface area contributed by atoms with Crippen molar-refractivity contribution in [2.24, 2.45) is 0 Å². The van der Waals surface area contributed by atoms with Gasteiger partial charge in [0.05, 0.1) is 49.1 Å². The monoisotopic (exact) mass is 290 g/mol. The van der Waals surface area contributed by atoms with Gasteiger partial charge in [0.15, 0.2) is 0 Å². The van der Waals surface area contributed by atoms with Gasteiger partial charge in [0, 0.05) is 6.42 Å². The third-order valence-electron chi connectivity index (χ3n) is 3.66. The van der Waals surface area contributed by atoms with E-state index in [1.165, 1.54) is 0 Å². The summed E-state index contributed by atoms with van der Waals surface area (Å²) >= 11 is 0. The molecule has 1 fully saturated rings. The van der Waals surface area contributed by atoms with Crippen molar-refractivity contribution in [2.45, 2.75) is 26.0 Å². The third kappa shape index (κ3) is 2.77. The highest BCUT2D eigenvalue weighted by molar-refractivity contribution is 5.92. The van der Waals surface area contributed by atoms with Crippen molar-refractivity contribution in [3.8, 4) is 0 Å². The number of hydrogen-bond donors (Lipinski definition) is 1. The highest BCUT2D eigenvalue weighted by atomic mass is 16.6. The molecule has 0 amide bonds. The van der Waals surface area contributed by atoms with E-state index in [4.69, 9.17) is 14.6 Å². The van der Waals surface area contributed by atoms with Crippen LogP contribution < -0.4 is 0 Å². The standard InChI is InChI=1S/C15H18N2O4/c1-2-14-16-12-4-3-10(15(18)19)7-13(12)17(14)8-11-9-20-5-6-21-11/h3-4,7,11H,2,5-6,8-9H2,1H3,(H,18,19). The molecule has 1 atom stereocenters. The Hall–Kier alpha value is -1.92. The molecule has 1 unspecified atom stereocenters. The van der Waals surface area contributed by atoms with Crippen LogP contribution in [0.15, 0.2) is 18.2 Å². The Morgan fingerprint density at radius 3 is 3.00 bits per heavy atom. The fourth-order valence-corrected chi connectivity index (χ4v) is 2.62. The number of hydrogen-bond acceptors (Lipinski definition) is 4. The smallest absolute Gasteiger partial charge is 0.335 e. The van der Waals surface area contributed by atoms with E-state index in [9.17, 15) is 4.79 Å². The Kier molecular flexibility index (Phi) is 3.90. The fourth-order valence-electron chi connectivity index (χ4n) is 2.62. The maximum absolute atomic E-state index is 11.1. The molecule has 0 saturated carbocycles. The molecule has 1 aliphatic heterocycles. The Balaban J connectivity index is 2.00. The third-order valence-corrected chi connectivity index (χ3v) is 3.66. The zero-order chi connectivity index (χ0) is 14.8. The zero-order valence-corrected chi connectivity index (χ0v) is 11.9. The van der Waals surface area contributed by atoms with Gasteiger partial charge in [-0.2, -0.15) is 0 Å². The number of carboxylic acids is 1. The lowest BCUT2D eigenvalue weighted by Crippen LogP contribution is -2.32. The summed E-state index contributed by atoms with van der Waals surface area (Å²) < 4.78 is 13.2. The average molecular weight is 290 g/mol. The number of nitrogens with zero attached hydrogens (tertiary/aromatic N) is 2. The number of fused-ring (bicyclic) bond motifs is 1. The molecule has 0 radical (unpaired) electrons. The predicted octanol–water partition coefficient (Wildman–Crippen LogP) is 1.71. The summed E-state index contributed by atoms with van der Waals surface area (Å²) in [6, 6.07) is 5.02. The summed E-state index contributed by atoms with van der Waals surface area (Å²) in [5.74, 6) is 0.00154. The largest absolute Gasteiger partial charge is 0.478 e. The predicted molar refractivity (Wildman–Crippen MR) is 76.6 cm³/mol.